The molecule has 1 heterocycles. The molecule has 0 radical (unpaired) electrons. The van der Waals surface area contributed by atoms with Crippen LogP contribution in [0.2, 0.25) is 0 Å². The minimum Gasteiger partial charge on any atom is -0.399 e. The first kappa shape index (κ1) is 11.9. The zero-order valence-electron chi connectivity index (χ0n) is 9.76. The van der Waals surface area contributed by atoms with E-state index in [2.05, 4.69) is 10.3 Å². The van der Waals surface area contributed by atoms with Crippen molar-refractivity contribution in [2.45, 2.75) is 6.54 Å². The molecule has 0 aliphatic heterocycles. The lowest BCUT2D eigenvalue weighted by Gasteiger charge is -2.06. The van der Waals surface area contributed by atoms with E-state index in [1.807, 2.05) is 12.1 Å². The number of anilines is 2. The van der Waals surface area contributed by atoms with Crippen LogP contribution in [0.15, 0.2) is 42.7 Å². The normalized spacial score (nSPS) is 10.0. The van der Waals surface area contributed by atoms with Gasteiger partial charge in [0.05, 0.1) is 0 Å². The molecule has 0 atom stereocenters. The predicted octanol–water partition coefficient (Wildman–Crippen LogP) is 1.18. The Labute approximate surface area is 105 Å². The van der Waals surface area contributed by atoms with Gasteiger partial charge in [0.2, 0.25) is 0 Å². The predicted molar refractivity (Wildman–Crippen MR) is 70.7 cm³/mol. The molecule has 0 saturated heterocycles. The van der Waals surface area contributed by atoms with Crippen LogP contribution in [0.5, 0.6) is 0 Å². The fraction of sp³-hybridized carbons (Fsp3) is 0.0769. The number of nitrogens with one attached hydrogen (secondary N) is 1. The molecule has 1 aromatic carbocycles. The van der Waals surface area contributed by atoms with E-state index < -0.39 is 0 Å². The number of nitrogen functional groups attached to an aromatic ring is 2. The van der Waals surface area contributed by atoms with Gasteiger partial charge in [-0.25, -0.2) is 0 Å². The summed E-state index contributed by atoms with van der Waals surface area (Å²) in [5.74, 6) is -0.203. The van der Waals surface area contributed by atoms with Gasteiger partial charge in [-0.3, -0.25) is 9.78 Å². The molecule has 0 fully saturated rings. The quantitative estimate of drug-likeness (QED) is 0.704. The first-order valence-electron chi connectivity index (χ1n) is 5.48. The number of hydrogen-bond donors (Lipinski definition) is 3. The Morgan fingerprint density at radius 1 is 1.11 bits per heavy atom. The summed E-state index contributed by atoms with van der Waals surface area (Å²) in [6.07, 6.45) is 3.36. The van der Waals surface area contributed by atoms with Crippen molar-refractivity contribution in [1.29, 1.82) is 0 Å². The number of nitrogens with two attached hydrogens (primary N) is 2. The number of pyridine rings is 1. The molecule has 18 heavy (non-hydrogen) atoms. The monoisotopic (exact) mass is 242 g/mol. The molecular weight excluding hydrogens is 228 g/mol. The summed E-state index contributed by atoms with van der Waals surface area (Å²) >= 11 is 0. The third kappa shape index (κ3) is 2.98. The molecule has 0 bridgehead atoms. The van der Waals surface area contributed by atoms with Crippen molar-refractivity contribution in [3.05, 3.63) is 53.9 Å². The highest BCUT2D eigenvalue weighted by Gasteiger charge is 2.06. The number of amides is 1. The standard InChI is InChI=1S/C13H14N4O/c14-11-5-10(6-12(15)7-11)13(18)17-8-9-1-3-16-4-2-9/h1-7H,8,14-15H2,(H,17,18). The Kier molecular flexibility index (Phi) is 3.43. The van der Waals surface area contributed by atoms with E-state index in [0.717, 1.165) is 5.56 Å². The molecule has 5 heteroatoms. The topological polar surface area (TPSA) is 94.0 Å². The van der Waals surface area contributed by atoms with Gasteiger partial charge in [-0.2, -0.15) is 0 Å². The van der Waals surface area contributed by atoms with E-state index in [1.54, 1.807) is 30.6 Å². The van der Waals surface area contributed by atoms with Crippen LogP contribution in [-0.4, -0.2) is 10.9 Å². The fourth-order valence-corrected chi connectivity index (χ4v) is 1.59. The summed E-state index contributed by atoms with van der Waals surface area (Å²) in [5.41, 5.74) is 13.7. The first-order valence-corrected chi connectivity index (χ1v) is 5.48. The summed E-state index contributed by atoms with van der Waals surface area (Å²) in [4.78, 5) is 15.8. The van der Waals surface area contributed by atoms with Crippen molar-refractivity contribution in [2.24, 2.45) is 0 Å². The van der Waals surface area contributed by atoms with E-state index in [4.69, 9.17) is 11.5 Å². The van der Waals surface area contributed by atoms with Crippen LogP contribution in [0, 0.1) is 0 Å². The Balaban J connectivity index is 2.04. The second kappa shape index (κ2) is 5.18. The maximum Gasteiger partial charge on any atom is 0.251 e. The number of benzene rings is 1. The van der Waals surface area contributed by atoms with Crippen molar-refractivity contribution in [3.63, 3.8) is 0 Å². The second-order valence-corrected chi connectivity index (χ2v) is 3.93. The van der Waals surface area contributed by atoms with Gasteiger partial charge in [-0.05, 0) is 35.9 Å². The summed E-state index contributed by atoms with van der Waals surface area (Å²) < 4.78 is 0. The number of carbonyl (C=O) groups excluding carboxylic acids is 1. The lowest BCUT2D eigenvalue weighted by atomic mass is 10.1. The molecule has 0 aliphatic rings. The van der Waals surface area contributed by atoms with Gasteiger partial charge in [0.1, 0.15) is 0 Å². The van der Waals surface area contributed by atoms with Crippen molar-refractivity contribution in [2.75, 3.05) is 11.5 Å². The SMILES string of the molecule is Nc1cc(N)cc(C(=O)NCc2ccncc2)c1. The lowest BCUT2D eigenvalue weighted by molar-refractivity contribution is 0.0951. The van der Waals surface area contributed by atoms with E-state index in [0.29, 0.717) is 23.5 Å². The van der Waals surface area contributed by atoms with Gasteiger partial charge in [0.15, 0.2) is 0 Å². The molecule has 5 N–H and O–H groups in total. The molecule has 0 aliphatic carbocycles. The van der Waals surface area contributed by atoms with Crippen LogP contribution in [0.25, 0.3) is 0 Å². The van der Waals surface area contributed by atoms with E-state index in [9.17, 15) is 4.79 Å². The van der Waals surface area contributed by atoms with Gasteiger partial charge >= 0.3 is 0 Å². The maximum atomic E-state index is 11.9. The summed E-state index contributed by atoms with van der Waals surface area (Å²) in [5, 5.41) is 2.79. The number of rotatable bonds is 3. The molecule has 1 amide bonds. The average molecular weight is 242 g/mol. The smallest absolute Gasteiger partial charge is 0.251 e. The Bertz CT molecular complexity index is 534. The van der Waals surface area contributed by atoms with Crippen molar-refractivity contribution >= 4 is 17.3 Å². The van der Waals surface area contributed by atoms with Gasteiger partial charge in [-0.1, -0.05) is 0 Å². The van der Waals surface area contributed by atoms with Gasteiger partial charge in [0, 0.05) is 35.9 Å². The van der Waals surface area contributed by atoms with Crippen LogP contribution < -0.4 is 16.8 Å². The summed E-state index contributed by atoms with van der Waals surface area (Å²) in [6.45, 7) is 0.441. The third-order valence-corrected chi connectivity index (χ3v) is 2.44. The number of carbonyl (C=O) groups is 1. The van der Waals surface area contributed by atoms with Crippen molar-refractivity contribution < 1.29 is 4.79 Å². The Morgan fingerprint density at radius 3 is 2.33 bits per heavy atom. The molecule has 5 nitrogen and oxygen atoms in total. The van der Waals surface area contributed by atoms with Crippen LogP contribution in [0.4, 0.5) is 11.4 Å². The van der Waals surface area contributed by atoms with Crippen LogP contribution in [-0.2, 0) is 6.54 Å². The molecule has 1 aromatic heterocycles. The Morgan fingerprint density at radius 2 is 1.72 bits per heavy atom. The molecule has 0 spiro atoms. The molecule has 2 rings (SSSR count). The minimum atomic E-state index is -0.203. The minimum absolute atomic E-state index is 0.203. The van der Waals surface area contributed by atoms with Crippen molar-refractivity contribution in [3.8, 4) is 0 Å². The third-order valence-electron chi connectivity index (χ3n) is 2.44. The average Bonchev–Trinajstić information content (AvgIpc) is 2.36. The van der Waals surface area contributed by atoms with E-state index >= 15 is 0 Å². The van der Waals surface area contributed by atoms with Crippen molar-refractivity contribution in [1.82, 2.24) is 10.3 Å². The first-order chi connectivity index (χ1) is 8.65. The van der Waals surface area contributed by atoms with Gasteiger partial charge in [0.25, 0.3) is 5.91 Å². The van der Waals surface area contributed by atoms with Crippen LogP contribution in [0.3, 0.4) is 0 Å². The summed E-state index contributed by atoms with van der Waals surface area (Å²) in [7, 11) is 0. The number of hydrogen-bond acceptors (Lipinski definition) is 4. The highest BCUT2D eigenvalue weighted by atomic mass is 16.1. The van der Waals surface area contributed by atoms with Crippen LogP contribution >= 0.6 is 0 Å². The maximum absolute atomic E-state index is 11.9. The molecule has 0 saturated carbocycles. The lowest BCUT2D eigenvalue weighted by Crippen LogP contribution is -2.23. The number of aromatic nitrogens is 1. The largest absolute Gasteiger partial charge is 0.399 e. The zero-order chi connectivity index (χ0) is 13.0. The highest BCUT2D eigenvalue weighted by molar-refractivity contribution is 5.96. The molecular formula is C13H14N4O. The highest BCUT2D eigenvalue weighted by Crippen LogP contribution is 2.13. The zero-order valence-corrected chi connectivity index (χ0v) is 9.76. The Hall–Kier alpha value is -2.56. The van der Waals surface area contributed by atoms with Gasteiger partial charge < -0.3 is 16.8 Å². The van der Waals surface area contributed by atoms with E-state index in [-0.39, 0.29) is 5.91 Å². The van der Waals surface area contributed by atoms with Gasteiger partial charge in [-0.15, -0.1) is 0 Å². The molecule has 92 valence electrons. The fourth-order valence-electron chi connectivity index (χ4n) is 1.59. The van der Waals surface area contributed by atoms with E-state index in [1.165, 1.54) is 0 Å². The molecule has 0 unspecified atom stereocenters. The summed E-state index contributed by atoms with van der Waals surface area (Å²) in [6, 6.07) is 8.48. The van der Waals surface area contributed by atoms with Crippen LogP contribution in [0.1, 0.15) is 15.9 Å². The molecule has 2 aromatic rings. The number of nitrogens with zero attached hydrogens (tertiary/aromatic N) is 1. The second-order valence-electron chi connectivity index (χ2n) is 3.93.